The fraction of sp³-hybridized carbons (Fsp3) is 0.450. The van der Waals surface area contributed by atoms with Crippen molar-refractivity contribution in [3.63, 3.8) is 0 Å². The number of aromatic amines is 1. The summed E-state index contributed by atoms with van der Waals surface area (Å²) in [5.74, 6) is -0.727. The van der Waals surface area contributed by atoms with E-state index in [1.54, 1.807) is 36.5 Å². The molecule has 3 heterocycles. The van der Waals surface area contributed by atoms with Crippen LogP contribution in [0.5, 0.6) is 0 Å². The van der Waals surface area contributed by atoms with Gasteiger partial charge in [0.05, 0.1) is 11.7 Å². The fourth-order valence-electron chi connectivity index (χ4n) is 6.98. The number of hydrogen-bond acceptors (Lipinski definition) is 13. The lowest BCUT2D eigenvalue weighted by molar-refractivity contribution is -0.130. The second-order valence-electron chi connectivity index (χ2n) is 15.6. The highest BCUT2D eigenvalue weighted by Gasteiger charge is 2.36. The number of likely N-dealkylation sites (N-methyl/N-ethyl adjacent to an activating group) is 1. The molecule has 18 nitrogen and oxygen atoms in total. The number of imide groups is 1. The summed E-state index contributed by atoms with van der Waals surface area (Å²) < 4.78 is 33.6. The third kappa shape index (κ3) is 12.0. The molecule has 0 bridgehead atoms. The smallest absolute Gasteiger partial charge is 0.407 e. The minimum Gasteiger partial charge on any atom is -0.483 e. The first kappa shape index (κ1) is 44.5. The maximum Gasteiger partial charge on any atom is 0.407 e. The Labute approximate surface area is 343 Å². The van der Waals surface area contributed by atoms with Crippen molar-refractivity contribution in [2.24, 2.45) is 17.6 Å². The molecule has 2 aromatic carbocycles. The zero-order chi connectivity index (χ0) is 42.7. The topological polar surface area (TPSA) is 247 Å². The molecule has 0 spiro atoms. The summed E-state index contributed by atoms with van der Waals surface area (Å²) in [6.45, 7) is 7.78. The molecule has 1 saturated heterocycles. The molecule has 1 aliphatic carbocycles. The molecule has 316 valence electrons. The molecule has 6 rings (SSSR count). The average molecular weight is 833 g/mol. The standard InChI is InChI=1S/C39H50N10O6S.CH2O2/c1-39(2,3)55-38(52)42-23-27-7-11-30(12-8-27)36(50)49(32-15-13-29(14-16-32)35-43-45-46-44-35)37(51)34(40)21-26-5-9-28(10-6-26)31-22-33(25-41-24-31)56(53,54)48-19-17-47(4)18-20-48;2-1-3/h5-6,9-10,13-16,22,24-25,27,30,34H,7-8,11-12,17-21,23,40H2,1-4H3,(H,42,52)(H,43,44,45,46);1H,(H,2,3)/t27?,30?,34-;/m0./s1. The van der Waals surface area contributed by atoms with Gasteiger partial charge in [0.15, 0.2) is 0 Å². The summed E-state index contributed by atoms with van der Waals surface area (Å²) >= 11 is 0. The predicted molar refractivity (Wildman–Crippen MR) is 218 cm³/mol. The summed E-state index contributed by atoms with van der Waals surface area (Å²) in [6.07, 6.45) is 5.17. The van der Waals surface area contributed by atoms with Crippen LogP contribution in [-0.4, -0.2) is 124 Å². The Morgan fingerprint density at radius 1 is 0.983 bits per heavy atom. The number of pyridine rings is 1. The van der Waals surface area contributed by atoms with Gasteiger partial charge in [0, 0.05) is 62.2 Å². The summed E-state index contributed by atoms with van der Waals surface area (Å²) in [5.41, 5.74) is 9.18. The molecule has 1 atom stereocenters. The molecule has 3 amide bonds. The zero-order valence-corrected chi connectivity index (χ0v) is 34.5. The SMILES string of the molecule is CN1CCN(S(=O)(=O)c2cncc(-c3ccc(C[C@H](N)C(=O)N(C(=O)C4CCC(CNC(=O)OC(C)(C)C)CC4)c4ccc(-c5nn[nH]n5)cc4)cc3)c2)CC1.O=CO. The van der Waals surface area contributed by atoms with E-state index in [4.69, 9.17) is 20.4 Å². The monoisotopic (exact) mass is 832 g/mol. The highest BCUT2D eigenvalue weighted by atomic mass is 32.2. The number of anilines is 1. The Bertz CT molecular complexity index is 2130. The molecule has 2 aliphatic rings. The number of carboxylic acid groups (broad SMARTS) is 1. The maximum atomic E-state index is 14.2. The Hall–Kier alpha value is -5.63. The van der Waals surface area contributed by atoms with Gasteiger partial charge < -0.3 is 25.8 Å². The Balaban J connectivity index is 0.00000214. The third-order valence-electron chi connectivity index (χ3n) is 10.2. The number of nitrogens with one attached hydrogen (secondary N) is 2. The average Bonchev–Trinajstić information content (AvgIpc) is 3.76. The van der Waals surface area contributed by atoms with Crippen LogP contribution >= 0.6 is 0 Å². The van der Waals surface area contributed by atoms with Crippen LogP contribution in [0.2, 0.25) is 0 Å². The number of piperazine rings is 1. The van der Waals surface area contributed by atoms with E-state index in [2.05, 4.69) is 35.8 Å². The minimum atomic E-state index is -3.70. The summed E-state index contributed by atoms with van der Waals surface area (Å²) in [6, 6.07) is 14.7. The van der Waals surface area contributed by atoms with Crippen molar-refractivity contribution in [3.8, 4) is 22.5 Å². The molecular weight excluding hydrogens is 781 g/mol. The summed E-state index contributed by atoms with van der Waals surface area (Å²) in [7, 11) is -1.73. The number of H-pyrrole nitrogens is 1. The number of carbonyl (C=O) groups excluding carboxylic acids is 3. The number of hydrogen-bond donors (Lipinski definition) is 4. The van der Waals surface area contributed by atoms with Gasteiger partial charge in [-0.15, -0.1) is 10.2 Å². The molecule has 0 radical (unpaired) electrons. The molecule has 2 aromatic heterocycles. The number of rotatable bonds is 11. The van der Waals surface area contributed by atoms with Gasteiger partial charge in [-0.05, 0) is 113 Å². The first-order valence-corrected chi connectivity index (χ1v) is 20.8. The number of carbonyl (C=O) groups is 4. The fourth-order valence-corrected chi connectivity index (χ4v) is 8.39. The molecule has 4 aromatic rings. The largest absolute Gasteiger partial charge is 0.483 e. The normalized spacial score (nSPS) is 18.1. The second kappa shape index (κ2) is 19.9. The first-order valence-electron chi connectivity index (χ1n) is 19.3. The van der Waals surface area contributed by atoms with E-state index in [1.807, 2.05) is 52.1 Å². The van der Waals surface area contributed by atoms with Gasteiger partial charge in [0.25, 0.3) is 12.4 Å². The molecule has 2 fully saturated rings. The lowest BCUT2D eigenvalue weighted by atomic mass is 9.81. The zero-order valence-electron chi connectivity index (χ0n) is 33.7. The van der Waals surface area contributed by atoms with E-state index in [1.165, 1.54) is 15.4 Å². The molecule has 5 N–H and O–H groups in total. The van der Waals surface area contributed by atoms with Crippen molar-refractivity contribution in [2.45, 2.75) is 69.4 Å². The highest BCUT2D eigenvalue weighted by Crippen LogP contribution is 2.32. The van der Waals surface area contributed by atoms with Crippen molar-refractivity contribution in [3.05, 3.63) is 72.6 Å². The van der Waals surface area contributed by atoms with E-state index in [0.717, 1.165) is 11.1 Å². The quantitative estimate of drug-likeness (QED) is 0.159. The third-order valence-corrected chi connectivity index (χ3v) is 12.0. The van der Waals surface area contributed by atoms with Crippen LogP contribution < -0.4 is 16.0 Å². The van der Waals surface area contributed by atoms with Crippen LogP contribution in [0.15, 0.2) is 71.9 Å². The highest BCUT2D eigenvalue weighted by molar-refractivity contribution is 7.89. The molecule has 0 unspecified atom stereocenters. The number of nitrogens with two attached hydrogens (primary N) is 1. The molecule has 19 heteroatoms. The van der Waals surface area contributed by atoms with Crippen molar-refractivity contribution < 1.29 is 37.4 Å². The van der Waals surface area contributed by atoms with E-state index >= 15 is 0 Å². The predicted octanol–water partition coefficient (Wildman–Crippen LogP) is 3.33. The van der Waals surface area contributed by atoms with Gasteiger partial charge >= 0.3 is 6.09 Å². The minimum absolute atomic E-state index is 0.136. The molecule has 1 saturated carbocycles. The number of nitrogens with zero attached hydrogens (tertiary/aromatic N) is 7. The molecule has 1 aliphatic heterocycles. The number of ether oxygens (including phenoxy) is 1. The lowest BCUT2D eigenvalue weighted by Crippen LogP contribution is -2.50. The first-order chi connectivity index (χ1) is 28.1. The second-order valence-corrected chi connectivity index (χ2v) is 17.6. The van der Waals surface area contributed by atoms with Crippen molar-refractivity contribution in [1.82, 2.24) is 40.1 Å². The van der Waals surface area contributed by atoms with Gasteiger partial charge in [-0.25, -0.2) is 18.1 Å². The Morgan fingerprint density at radius 3 is 2.20 bits per heavy atom. The van der Waals surface area contributed by atoms with Gasteiger partial charge in [-0.2, -0.15) is 9.52 Å². The van der Waals surface area contributed by atoms with E-state index < -0.39 is 39.6 Å². The number of sulfonamides is 1. The van der Waals surface area contributed by atoms with Crippen LogP contribution in [0.3, 0.4) is 0 Å². The number of amides is 3. The summed E-state index contributed by atoms with van der Waals surface area (Å²) in [4.78, 5) is 56.6. The number of alkyl carbamates (subject to hydrolysis) is 1. The van der Waals surface area contributed by atoms with Gasteiger partial charge in [0.2, 0.25) is 21.8 Å². The molecular formula is C40H52N10O8S. The van der Waals surface area contributed by atoms with Crippen molar-refractivity contribution in [1.29, 1.82) is 0 Å². The van der Waals surface area contributed by atoms with Gasteiger partial charge in [-0.1, -0.05) is 24.3 Å². The van der Waals surface area contributed by atoms with Crippen LogP contribution in [0, 0.1) is 11.8 Å². The Morgan fingerprint density at radius 2 is 1.61 bits per heavy atom. The lowest BCUT2D eigenvalue weighted by Gasteiger charge is -2.32. The van der Waals surface area contributed by atoms with Gasteiger partial charge in [-0.3, -0.25) is 19.4 Å². The van der Waals surface area contributed by atoms with E-state index in [0.29, 0.717) is 81.0 Å². The van der Waals surface area contributed by atoms with E-state index in [9.17, 15) is 22.8 Å². The van der Waals surface area contributed by atoms with Crippen molar-refractivity contribution in [2.75, 3.05) is 44.7 Å². The number of benzene rings is 2. The molecule has 59 heavy (non-hydrogen) atoms. The van der Waals surface area contributed by atoms with Crippen LogP contribution in [0.25, 0.3) is 22.5 Å². The van der Waals surface area contributed by atoms with Gasteiger partial charge in [0.1, 0.15) is 10.5 Å². The Kier molecular flexibility index (Phi) is 15.0. The maximum absolute atomic E-state index is 14.2. The van der Waals surface area contributed by atoms with Crippen LogP contribution in [0.1, 0.15) is 52.0 Å². The summed E-state index contributed by atoms with van der Waals surface area (Å²) in [5, 5.41) is 23.8. The number of tetrazole rings is 1. The number of aromatic nitrogens is 5. The van der Waals surface area contributed by atoms with Crippen molar-refractivity contribution >= 4 is 40.1 Å². The van der Waals surface area contributed by atoms with Crippen LogP contribution in [0.4, 0.5) is 10.5 Å². The van der Waals surface area contributed by atoms with Crippen LogP contribution in [-0.2, 0) is 35.6 Å². The van der Waals surface area contributed by atoms with E-state index in [-0.39, 0.29) is 29.6 Å².